The average molecular weight is 263 g/mol. The van der Waals surface area contributed by atoms with E-state index >= 15 is 0 Å². The Morgan fingerprint density at radius 1 is 1.24 bits per heavy atom. The van der Waals surface area contributed by atoms with Gasteiger partial charge in [-0.15, -0.1) is 3.89 Å². The van der Waals surface area contributed by atoms with Crippen molar-refractivity contribution in [1.82, 2.24) is 4.90 Å². The molecule has 0 aromatic carbocycles. The molecule has 0 N–H and O–H groups in total. The van der Waals surface area contributed by atoms with Crippen molar-refractivity contribution in [3.05, 3.63) is 0 Å². The van der Waals surface area contributed by atoms with Crippen LogP contribution >= 0.6 is 0 Å². The van der Waals surface area contributed by atoms with E-state index in [0.717, 1.165) is 25.7 Å². The molecule has 4 nitrogen and oxygen atoms in total. The van der Waals surface area contributed by atoms with Crippen molar-refractivity contribution in [2.24, 2.45) is 5.92 Å². The third-order valence-electron chi connectivity index (χ3n) is 3.69. The number of halogens is 1. The van der Waals surface area contributed by atoms with Gasteiger partial charge in [-0.2, -0.15) is 8.42 Å². The van der Waals surface area contributed by atoms with E-state index in [0.29, 0.717) is 6.54 Å². The maximum Gasteiger partial charge on any atom is 0.302 e. The van der Waals surface area contributed by atoms with Gasteiger partial charge in [0.25, 0.3) is 0 Å². The lowest BCUT2D eigenvalue weighted by atomic mass is 9.94. The number of amides is 1. The summed E-state index contributed by atoms with van der Waals surface area (Å²) in [6.07, 6.45) is 5.64. The largest absolute Gasteiger partial charge is 0.339 e. The minimum absolute atomic E-state index is 0.00875. The number of likely N-dealkylation sites (tertiary alicyclic amines) is 1. The third kappa shape index (κ3) is 3.40. The van der Waals surface area contributed by atoms with E-state index in [1.54, 1.807) is 4.90 Å². The first kappa shape index (κ1) is 12.8. The normalized spacial score (nSPS) is 27.7. The molecule has 1 aliphatic carbocycles. The smallest absolute Gasteiger partial charge is 0.302 e. The van der Waals surface area contributed by atoms with Crippen molar-refractivity contribution < 1.29 is 17.1 Å². The second-order valence-corrected chi connectivity index (χ2v) is 6.52. The number of rotatable bonds is 3. The second kappa shape index (κ2) is 4.92. The van der Waals surface area contributed by atoms with E-state index in [2.05, 4.69) is 0 Å². The van der Waals surface area contributed by atoms with Crippen LogP contribution in [0.5, 0.6) is 0 Å². The molecular formula is C11H18FNO3S. The van der Waals surface area contributed by atoms with Gasteiger partial charge in [-0.05, 0) is 12.8 Å². The van der Waals surface area contributed by atoms with E-state index in [9.17, 15) is 17.1 Å². The summed E-state index contributed by atoms with van der Waals surface area (Å²) in [6.45, 7) is 0.409. The molecule has 1 atom stereocenters. The van der Waals surface area contributed by atoms with E-state index in [-0.39, 0.29) is 24.3 Å². The molecule has 0 aromatic rings. The number of nitrogens with zero attached hydrogens (tertiary/aromatic N) is 1. The Hall–Kier alpha value is -0.650. The van der Waals surface area contributed by atoms with Crippen molar-refractivity contribution in [3.8, 4) is 0 Å². The zero-order valence-corrected chi connectivity index (χ0v) is 10.6. The second-order valence-electron chi connectivity index (χ2n) is 5.11. The van der Waals surface area contributed by atoms with E-state index in [1.165, 1.54) is 6.42 Å². The highest BCUT2D eigenvalue weighted by atomic mass is 32.3. The minimum Gasteiger partial charge on any atom is -0.339 e. The van der Waals surface area contributed by atoms with Crippen molar-refractivity contribution in [1.29, 1.82) is 0 Å². The van der Waals surface area contributed by atoms with Gasteiger partial charge >= 0.3 is 10.2 Å². The third-order valence-corrected chi connectivity index (χ3v) is 4.56. The molecular weight excluding hydrogens is 245 g/mol. The van der Waals surface area contributed by atoms with Crippen molar-refractivity contribution >= 4 is 16.1 Å². The maximum absolute atomic E-state index is 12.6. The molecule has 0 spiro atoms. The molecule has 1 amide bonds. The highest BCUT2D eigenvalue weighted by Gasteiger charge is 2.36. The Balaban J connectivity index is 1.95. The lowest BCUT2D eigenvalue weighted by Crippen LogP contribution is -2.38. The van der Waals surface area contributed by atoms with Crippen LogP contribution in [0.2, 0.25) is 0 Å². The Morgan fingerprint density at radius 3 is 2.47 bits per heavy atom. The van der Waals surface area contributed by atoms with Gasteiger partial charge in [0.15, 0.2) is 0 Å². The molecule has 98 valence electrons. The maximum atomic E-state index is 12.6. The molecule has 1 aliphatic heterocycles. The minimum atomic E-state index is -4.46. The zero-order chi connectivity index (χ0) is 12.5. The van der Waals surface area contributed by atoms with E-state index in [4.69, 9.17) is 0 Å². The molecule has 1 saturated carbocycles. The van der Waals surface area contributed by atoms with Gasteiger partial charge in [-0.1, -0.05) is 19.3 Å². The van der Waals surface area contributed by atoms with Crippen molar-refractivity contribution in [2.45, 2.75) is 44.6 Å². The molecule has 6 heteroatoms. The molecule has 2 fully saturated rings. The van der Waals surface area contributed by atoms with Crippen LogP contribution in [0.4, 0.5) is 3.89 Å². The fourth-order valence-electron chi connectivity index (χ4n) is 2.95. The number of carbonyl (C=O) groups is 1. The molecule has 2 rings (SSSR count). The molecule has 0 aromatic heterocycles. The number of carbonyl (C=O) groups excluding carboxylic acids is 1. The van der Waals surface area contributed by atoms with Crippen LogP contribution in [-0.4, -0.2) is 37.6 Å². The van der Waals surface area contributed by atoms with Crippen LogP contribution < -0.4 is 0 Å². The first-order valence-corrected chi connectivity index (χ1v) is 7.73. The molecule has 2 aliphatic rings. The summed E-state index contributed by atoms with van der Waals surface area (Å²) in [5.74, 6) is -0.882. The Labute approximate surface area is 101 Å². The summed E-state index contributed by atoms with van der Waals surface area (Å²) in [5, 5.41) is 0. The molecule has 1 saturated heterocycles. The highest BCUT2D eigenvalue weighted by Crippen LogP contribution is 2.29. The Kier molecular flexibility index (Phi) is 3.70. The SMILES string of the molecule is O=C1CC(CS(=O)(=O)F)CN1C1CCCCC1. The summed E-state index contributed by atoms with van der Waals surface area (Å²) in [4.78, 5) is 13.6. The fraction of sp³-hybridized carbons (Fsp3) is 0.909. The first-order valence-electron chi connectivity index (χ1n) is 6.17. The molecule has 0 bridgehead atoms. The van der Waals surface area contributed by atoms with Gasteiger partial charge in [-0.3, -0.25) is 4.79 Å². The first-order chi connectivity index (χ1) is 7.96. The quantitative estimate of drug-likeness (QED) is 0.724. The predicted octanol–water partition coefficient (Wildman–Crippen LogP) is 1.47. The molecule has 0 radical (unpaired) electrons. The van der Waals surface area contributed by atoms with Crippen LogP contribution in [0.25, 0.3) is 0 Å². The van der Waals surface area contributed by atoms with Gasteiger partial charge in [0.2, 0.25) is 5.91 Å². The van der Waals surface area contributed by atoms with Crippen LogP contribution in [-0.2, 0) is 15.0 Å². The lowest BCUT2D eigenvalue weighted by Gasteiger charge is -2.31. The standard InChI is InChI=1S/C11H18FNO3S/c12-17(15,16)8-9-6-11(14)13(7-9)10-4-2-1-3-5-10/h9-10H,1-8H2. The molecule has 1 unspecified atom stereocenters. The predicted molar refractivity (Wildman–Crippen MR) is 61.6 cm³/mol. The summed E-state index contributed by atoms with van der Waals surface area (Å²) in [5.41, 5.74) is 0. The lowest BCUT2D eigenvalue weighted by molar-refractivity contribution is -0.130. The van der Waals surface area contributed by atoms with Crippen molar-refractivity contribution in [2.75, 3.05) is 12.3 Å². The molecule has 1 heterocycles. The van der Waals surface area contributed by atoms with Crippen LogP contribution in [0.15, 0.2) is 0 Å². The summed E-state index contributed by atoms with van der Waals surface area (Å²) in [6, 6.07) is 0.253. The van der Waals surface area contributed by atoms with Gasteiger partial charge in [0.05, 0.1) is 5.75 Å². The van der Waals surface area contributed by atoms with Gasteiger partial charge in [-0.25, -0.2) is 0 Å². The number of hydrogen-bond donors (Lipinski definition) is 0. The van der Waals surface area contributed by atoms with Gasteiger partial charge in [0.1, 0.15) is 0 Å². The summed E-state index contributed by atoms with van der Waals surface area (Å²) in [7, 11) is -4.46. The van der Waals surface area contributed by atoms with Crippen LogP contribution in [0.3, 0.4) is 0 Å². The van der Waals surface area contributed by atoms with Gasteiger partial charge < -0.3 is 4.90 Å². The zero-order valence-electron chi connectivity index (χ0n) is 9.77. The van der Waals surface area contributed by atoms with E-state index in [1.807, 2.05) is 0 Å². The Bertz CT molecular complexity index is 390. The highest BCUT2D eigenvalue weighted by molar-refractivity contribution is 7.86. The van der Waals surface area contributed by atoms with Crippen LogP contribution in [0, 0.1) is 5.92 Å². The Morgan fingerprint density at radius 2 is 1.88 bits per heavy atom. The van der Waals surface area contributed by atoms with Crippen LogP contribution in [0.1, 0.15) is 38.5 Å². The monoisotopic (exact) mass is 263 g/mol. The topological polar surface area (TPSA) is 54.5 Å². The summed E-state index contributed by atoms with van der Waals surface area (Å²) >= 11 is 0. The number of hydrogen-bond acceptors (Lipinski definition) is 3. The average Bonchev–Trinajstić information content (AvgIpc) is 2.58. The molecule has 17 heavy (non-hydrogen) atoms. The van der Waals surface area contributed by atoms with Gasteiger partial charge in [0, 0.05) is 24.9 Å². The fourth-order valence-corrected chi connectivity index (χ4v) is 3.73. The van der Waals surface area contributed by atoms with E-state index < -0.39 is 16.0 Å². The van der Waals surface area contributed by atoms with Crippen molar-refractivity contribution in [3.63, 3.8) is 0 Å². The summed E-state index contributed by atoms with van der Waals surface area (Å²) < 4.78 is 33.7.